The molecule has 0 saturated heterocycles. The summed E-state index contributed by atoms with van der Waals surface area (Å²) in [5.41, 5.74) is 9.79. The molecule has 0 aliphatic heterocycles. The third-order valence-corrected chi connectivity index (χ3v) is 2.41. The molecule has 0 aromatic rings. The van der Waals surface area contributed by atoms with E-state index in [1.807, 2.05) is 13.8 Å². The number of hydrogen-bond acceptors (Lipinski definition) is 8. The largest absolute Gasteiger partial charge is 0.480 e. The molecule has 0 amide bonds. The molecule has 0 aromatic heterocycles. The quantitative estimate of drug-likeness (QED) is 0.200. The summed E-state index contributed by atoms with van der Waals surface area (Å²) in [6.07, 6.45) is -0.403. The Hall–Kier alpha value is -1.34. The zero-order valence-electron chi connectivity index (χ0n) is 17.1. The van der Waals surface area contributed by atoms with Gasteiger partial charge in [0.25, 0.3) is 0 Å². The first-order valence-corrected chi connectivity index (χ1v) is 8.39. The number of nitrogens with two attached hydrogens (primary N) is 2. The van der Waals surface area contributed by atoms with E-state index in [-0.39, 0.29) is 26.4 Å². The van der Waals surface area contributed by atoms with Gasteiger partial charge in [-0.25, -0.2) is 0 Å². The van der Waals surface area contributed by atoms with Crippen LogP contribution in [0.15, 0.2) is 0 Å². The first kappa shape index (κ1) is 33.3. The fourth-order valence-corrected chi connectivity index (χ4v) is 0.966. The number of nitrogens with zero attached hydrogens (tertiary/aromatic N) is 1. The van der Waals surface area contributed by atoms with Crippen molar-refractivity contribution in [3.8, 4) is 0 Å². The molecular weight excluding hydrogens is 362 g/mol. The Morgan fingerprint density at radius 2 is 1.37 bits per heavy atom. The van der Waals surface area contributed by atoms with E-state index in [1.54, 1.807) is 0 Å². The van der Waals surface area contributed by atoms with E-state index in [0.29, 0.717) is 12.3 Å². The molecule has 0 aliphatic carbocycles. The Morgan fingerprint density at radius 3 is 1.41 bits per heavy atom. The number of aliphatic carboxylic acids is 2. The maximum Gasteiger partial charge on any atom is 0.320 e. The molecular formula is C16H40N3O8+. The Balaban J connectivity index is -0.000000134. The highest BCUT2D eigenvalue weighted by Gasteiger charge is 2.11. The molecule has 11 nitrogen and oxygen atoms in total. The lowest BCUT2D eigenvalue weighted by molar-refractivity contribution is -0.870. The minimum absolute atomic E-state index is 0.278. The van der Waals surface area contributed by atoms with Gasteiger partial charge in [-0.1, -0.05) is 13.8 Å². The second-order valence-corrected chi connectivity index (χ2v) is 6.93. The van der Waals surface area contributed by atoms with E-state index < -0.39 is 24.1 Å². The van der Waals surface area contributed by atoms with Gasteiger partial charge in [0.2, 0.25) is 0 Å². The maximum absolute atomic E-state index is 10.1. The molecule has 0 heterocycles. The van der Waals surface area contributed by atoms with Gasteiger partial charge in [-0.2, -0.15) is 0 Å². The number of quaternary nitrogens is 1. The summed E-state index contributed by atoms with van der Waals surface area (Å²) in [5.74, 6) is -1.52. The van der Waals surface area contributed by atoms with Crippen LogP contribution in [0.4, 0.5) is 0 Å². The van der Waals surface area contributed by atoms with Gasteiger partial charge >= 0.3 is 11.9 Å². The van der Waals surface area contributed by atoms with Gasteiger partial charge in [-0.3, -0.25) is 9.59 Å². The van der Waals surface area contributed by atoms with Crippen LogP contribution in [0.5, 0.6) is 0 Å². The summed E-state index contributed by atoms with van der Waals surface area (Å²) < 4.78 is 0.844. The highest BCUT2D eigenvalue weighted by atomic mass is 16.4. The SMILES string of the molecule is CC(C)C[C@H](N)C(=O)O.C[N+](C)(C)CCO.NCC(=O)O.OCC(O)CO. The van der Waals surface area contributed by atoms with Crippen LogP contribution in [-0.2, 0) is 9.59 Å². The first-order chi connectivity index (χ1) is 12.2. The topological polar surface area (TPSA) is 208 Å². The summed E-state index contributed by atoms with van der Waals surface area (Å²) in [6.45, 7) is 4.00. The number of aliphatic hydroxyl groups excluding tert-OH is 4. The van der Waals surface area contributed by atoms with Gasteiger partial charge in [0.15, 0.2) is 0 Å². The zero-order valence-corrected chi connectivity index (χ0v) is 17.1. The van der Waals surface area contributed by atoms with Crippen molar-refractivity contribution in [1.82, 2.24) is 0 Å². The molecule has 0 saturated carbocycles. The molecule has 27 heavy (non-hydrogen) atoms. The molecule has 11 heteroatoms. The highest BCUT2D eigenvalue weighted by Crippen LogP contribution is 2.01. The molecule has 0 fully saturated rings. The van der Waals surface area contributed by atoms with E-state index in [0.717, 1.165) is 11.0 Å². The molecule has 0 aliphatic rings. The summed E-state index contributed by atoms with van der Waals surface area (Å²) in [6, 6.07) is -0.690. The maximum atomic E-state index is 10.1. The number of carboxylic acids is 2. The van der Waals surface area contributed by atoms with Crippen molar-refractivity contribution < 1.29 is 44.7 Å². The number of carboxylic acid groups (broad SMARTS) is 2. The number of carbonyl (C=O) groups is 2. The summed E-state index contributed by atoms with van der Waals surface area (Å²) in [5, 5.41) is 48.3. The lowest BCUT2D eigenvalue weighted by atomic mass is 10.1. The monoisotopic (exact) mass is 402 g/mol. The summed E-state index contributed by atoms with van der Waals surface area (Å²) in [4.78, 5) is 19.4. The molecule has 166 valence electrons. The molecule has 0 unspecified atom stereocenters. The van der Waals surface area contributed by atoms with Crippen LogP contribution in [0.3, 0.4) is 0 Å². The van der Waals surface area contributed by atoms with Gasteiger partial charge in [0.1, 0.15) is 18.7 Å². The minimum atomic E-state index is -0.968. The van der Waals surface area contributed by atoms with Crippen LogP contribution in [0.1, 0.15) is 20.3 Å². The van der Waals surface area contributed by atoms with Gasteiger partial charge in [-0.15, -0.1) is 0 Å². The van der Waals surface area contributed by atoms with Crippen LogP contribution in [0.2, 0.25) is 0 Å². The van der Waals surface area contributed by atoms with Crippen molar-refractivity contribution in [1.29, 1.82) is 0 Å². The van der Waals surface area contributed by atoms with Crippen LogP contribution in [0, 0.1) is 5.92 Å². The third-order valence-electron chi connectivity index (χ3n) is 2.41. The fourth-order valence-electron chi connectivity index (χ4n) is 0.966. The van der Waals surface area contributed by atoms with Gasteiger partial charge < -0.3 is 46.6 Å². The molecule has 1 atom stereocenters. The third kappa shape index (κ3) is 45.6. The van der Waals surface area contributed by atoms with E-state index >= 15 is 0 Å². The van der Waals surface area contributed by atoms with Crippen LogP contribution >= 0.6 is 0 Å². The molecule has 0 bridgehead atoms. The highest BCUT2D eigenvalue weighted by molar-refractivity contribution is 5.72. The van der Waals surface area contributed by atoms with Crippen LogP contribution < -0.4 is 11.5 Å². The van der Waals surface area contributed by atoms with Crippen molar-refractivity contribution in [2.24, 2.45) is 17.4 Å². The normalized spacial score (nSPS) is 11.3. The lowest BCUT2D eigenvalue weighted by Crippen LogP contribution is -2.36. The lowest BCUT2D eigenvalue weighted by Gasteiger charge is -2.21. The number of hydrogen-bond donors (Lipinski definition) is 8. The van der Waals surface area contributed by atoms with Crippen LogP contribution in [0.25, 0.3) is 0 Å². The smallest absolute Gasteiger partial charge is 0.320 e. The molecule has 0 radical (unpaired) electrons. The Bertz CT molecular complexity index is 345. The fraction of sp³-hybridized carbons (Fsp3) is 0.875. The predicted octanol–water partition coefficient (Wildman–Crippen LogP) is -2.51. The Labute approximate surface area is 161 Å². The molecule has 0 rings (SSSR count). The van der Waals surface area contributed by atoms with Gasteiger partial charge in [0.05, 0.1) is 47.5 Å². The number of aliphatic hydroxyl groups is 4. The van der Waals surface area contributed by atoms with Crippen molar-refractivity contribution in [3.63, 3.8) is 0 Å². The Kier molecular flexibility index (Phi) is 25.8. The van der Waals surface area contributed by atoms with E-state index in [4.69, 9.17) is 36.4 Å². The van der Waals surface area contributed by atoms with Crippen molar-refractivity contribution in [2.75, 3.05) is 54.1 Å². The van der Waals surface area contributed by atoms with E-state index in [2.05, 4.69) is 26.9 Å². The second-order valence-electron chi connectivity index (χ2n) is 6.93. The van der Waals surface area contributed by atoms with Crippen molar-refractivity contribution in [2.45, 2.75) is 32.4 Å². The molecule has 0 spiro atoms. The second kappa shape index (κ2) is 21.0. The average molecular weight is 403 g/mol. The molecule has 10 N–H and O–H groups in total. The van der Waals surface area contributed by atoms with E-state index in [9.17, 15) is 9.59 Å². The zero-order chi connectivity index (χ0) is 22.6. The van der Waals surface area contributed by atoms with Crippen LogP contribution in [-0.4, -0.2) is 113 Å². The van der Waals surface area contributed by atoms with E-state index in [1.165, 1.54) is 0 Å². The standard InChI is InChI=1S/C6H13NO2.C5H14NO.C3H8O3.C2H5NO2/c1-4(2)3-5(7)6(8)9;1-6(2,3)4-5-7;4-1-3(6)2-5;3-1-2(4)5/h4-5H,3,7H2,1-2H3,(H,8,9);7H,4-5H2,1-3H3;3-6H,1-2H2;1,3H2,(H,4,5)/q;+1;;/t5-;;;/m0.../s1. The molecule has 0 aromatic carbocycles. The summed E-state index contributed by atoms with van der Waals surface area (Å²) in [7, 11) is 6.16. The van der Waals surface area contributed by atoms with Gasteiger partial charge in [0, 0.05) is 0 Å². The van der Waals surface area contributed by atoms with Gasteiger partial charge in [-0.05, 0) is 12.3 Å². The summed E-state index contributed by atoms with van der Waals surface area (Å²) >= 11 is 0. The first-order valence-electron chi connectivity index (χ1n) is 8.39. The Morgan fingerprint density at radius 1 is 1.00 bits per heavy atom. The van der Waals surface area contributed by atoms with Crippen molar-refractivity contribution in [3.05, 3.63) is 0 Å². The number of likely N-dealkylation sites (N-methyl/N-ethyl adjacent to an activating group) is 1. The minimum Gasteiger partial charge on any atom is -0.480 e. The number of rotatable bonds is 8. The average Bonchev–Trinajstić information content (AvgIpc) is 2.53. The predicted molar refractivity (Wildman–Crippen MR) is 102 cm³/mol. The van der Waals surface area contributed by atoms with Crippen molar-refractivity contribution >= 4 is 11.9 Å².